The molecular weight excluding hydrogens is 437 g/mol. The third kappa shape index (κ3) is 5.13. The summed E-state index contributed by atoms with van der Waals surface area (Å²) in [7, 11) is 0. The lowest BCUT2D eigenvalue weighted by Gasteiger charge is -2.41. The number of allylic oxidation sites excluding steroid dienone is 2. The molecular formula is C29H31F3O2. The fourth-order valence-electron chi connectivity index (χ4n) is 5.65. The molecule has 0 aromatic heterocycles. The van der Waals surface area contributed by atoms with Gasteiger partial charge in [0.05, 0.1) is 5.56 Å². The van der Waals surface area contributed by atoms with Crippen molar-refractivity contribution in [3.8, 4) is 5.75 Å². The van der Waals surface area contributed by atoms with E-state index in [-0.39, 0.29) is 23.5 Å². The average Bonchev–Trinajstić information content (AvgIpc) is 2.85. The molecule has 2 fully saturated rings. The van der Waals surface area contributed by atoms with E-state index in [0.29, 0.717) is 24.2 Å². The number of halogens is 3. The highest BCUT2D eigenvalue weighted by atomic mass is 19.2. The summed E-state index contributed by atoms with van der Waals surface area (Å²) in [6, 6.07) is 7.10. The molecule has 5 heteroatoms. The van der Waals surface area contributed by atoms with Gasteiger partial charge in [-0.05, 0) is 104 Å². The second-order valence-corrected chi connectivity index (χ2v) is 9.65. The Morgan fingerprint density at radius 1 is 0.971 bits per heavy atom. The first-order valence-corrected chi connectivity index (χ1v) is 12.1. The van der Waals surface area contributed by atoms with Crippen LogP contribution >= 0.6 is 0 Å². The first kappa shape index (κ1) is 24.3. The standard InChI is InChI=1S/C29H31F3O2/c1-3-5-6-19-12-14-26(28(32)27(19)31)34-29(33)24-13-11-23(17-25(24)30)22-10-9-20-15-18(4-2)7-8-21(20)16-22/h3-4,11-14,17-18,20-22H,1-2,5-10,15-16H2. The molecule has 0 N–H and O–H groups in total. The summed E-state index contributed by atoms with van der Waals surface area (Å²) in [6.07, 6.45) is 11.2. The van der Waals surface area contributed by atoms with Gasteiger partial charge in [0.25, 0.3) is 0 Å². The van der Waals surface area contributed by atoms with Crippen LogP contribution in [0, 0.1) is 35.2 Å². The van der Waals surface area contributed by atoms with Crippen LogP contribution in [0.15, 0.2) is 55.6 Å². The molecule has 4 unspecified atom stereocenters. The average molecular weight is 469 g/mol. The molecule has 4 atom stereocenters. The van der Waals surface area contributed by atoms with Gasteiger partial charge in [0.1, 0.15) is 5.82 Å². The molecule has 2 aromatic rings. The van der Waals surface area contributed by atoms with Crippen LogP contribution in [0.2, 0.25) is 0 Å². The summed E-state index contributed by atoms with van der Waals surface area (Å²) in [5.74, 6) is -2.40. The number of ether oxygens (including phenoxy) is 1. The van der Waals surface area contributed by atoms with Gasteiger partial charge in [-0.1, -0.05) is 24.3 Å². The lowest BCUT2D eigenvalue weighted by Crippen LogP contribution is -2.30. The second-order valence-electron chi connectivity index (χ2n) is 9.65. The smallest absolute Gasteiger partial charge is 0.346 e. The summed E-state index contributed by atoms with van der Waals surface area (Å²) in [5.41, 5.74) is 0.752. The highest BCUT2D eigenvalue weighted by molar-refractivity contribution is 5.91. The Hall–Kier alpha value is -2.82. The maximum atomic E-state index is 14.9. The predicted molar refractivity (Wildman–Crippen MR) is 127 cm³/mol. The van der Waals surface area contributed by atoms with E-state index < -0.39 is 29.2 Å². The van der Waals surface area contributed by atoms with E-state index in [1.165, 1.54) is 43.5 Å². The molecule has 34 heavy (non-hydrogen) atoms. The molecule has 0 saturated heterocycles. The van der Waals surface area contributed by atoms with Crippen LogP contribution in [0.4, 0.5) is 13.2 Å². The molecule has 180 valence electrons. The van der Waals surface area contributed by atoms with E-state index in [0.717, 1.165) is 24.8 Å². The summed E-state index contributed by atoms with van der Waals surface area (Å²) < 4.78 is 48.5. The van der Waals surface area contributed by atoms with Crippen LogP contribution in [-0.2, 0) is 6.42 Å². The number of rotatable bonds is 7. The number of benzene rings is 2. The van der Waals surface area contributed by atoms with Crippen molar-refractivity contribution in [3.63, 3.8) is 0 Å². The van der Waals surface area contributed by atoms with Crippen LogP contribution in [0.1, 0.15) is 72.3 Å². The number of hydrogen-bond acceptors (Lipinski definition) is 2. The highest BCUT2D eigenvalue weighted by Gasteiger charge is 2.35. The van der Waals surface area contributed by atoms with E-state index in [2.05, 4.69) is 19.2 Å². The van der Waals surface area contributed by atoms with Gasteiger partial charge in [0.15, 0.2) is 11.6 Å². The molecule has 0 aliphatic heterocycles. The molecule has 4 rings (SSSR count). The Morgan fingerprint density at radius 2 is 1.74 bits per heavy atom. The monoisotopic (exact) mass is 468 g/mol. The Bertz CT molecular complexity index is 1080. The van der Waals surface area contributed by atoms with E-state index in [1.54, 1.807) is 12.1 Å². The topological polar surface area (TPSA) is 26.3 Å². The van der Waals surface area contributed by atoms with Crippen LogP contribution in [-0.4, -0.2) is 5.97 Å². The maximum absolute atomic E-state index is 14.9. The number of esters is 1. The number of fused-ring (bicyclic) bond motifs is 1. The fraction of sp³-hybridized carbons (Fsp3) is 0.414. The van der Waals surface area contributed by atoms with Crippen molar-refractivity contribution in [1.29, 1.82) is 0 Å². The molecule has 2 aliphatic carbocycles. The molecule has 0 radical (unpaired) electrons. The van der Waals surface area contributed by atoms with Crippen LogP contribution in [0.25, 0.3) is 0 Å². The summed E-state index contributed by atoms with van der Waals surface area (Å²) in [4.78, 5) is 12.5. The molecule has 2 aromatic carbocycles. The lowest BCUT2D eigenvalue weighted by atomic mass is 9.64. The summed E-state index contributed by atoms with van der Waals surface area (Å²) in [6.45, 7) is 7.51. The largest absolute Gasteiger partial charge is 0.420 e. The second kappa shape index (κ2) is 10.6. The van der Waals surface area contributed by atoms with Gasteiger partial charge in [-0.3, -0.25) is 0 Å². The first-order valence-electron chi connectivity index (χ1n) is 12.1. The molecule has 0 heterocycles. The van der Waals surface area contributed by atoms with Gasteiger partial charge in [0, 0.05) is 0 Å². The SMILES string of the molecule is C=CCCc1ccc(OC(=O)c2ccc(C3CCC4CC(C=C)CCC4C3)cc2F)c(F)c1F. The van der Waals surface area contributed by atoms with E-state index in [4.69, 9.17) is 4.74 Å². The van der Waals surface area contributed by atoms with Gasteiger partial charge < -0.3 is 4.74 Å². The van der Waals surface area contributed by atoms with Crippen molar-refractivity contribution in [2.24, 2.45) is 17.8 Å². The minimum absolute atomic E-state index is 0.167. The molecule has 2 saturated carbocycles. The maximum Gasteiger partial charge on any atom is 0.346 e. The highest BCUT2D eigenvalue weighted by Crippen LogP contribution is 2.47. The van der Waals surface area contributed by atoms with Crippen molar-refractivity contribution in [2.45, 2.75) is 57.3 Å². The Labute approximate surface area is 199 Å². The third-order valence-corrected chi connectivity index (χ3v) is 7.62. The van der Waals surface area contributed by atoms with Gasteiger partial charge in [-0.15, -0.1) is 13.2 Å². The third-order valence-electron chi connectivity index (χ3n) is 7.62. The Morgan fingerprint density at radius 3 is 2.47 bits per heavy atom. The predicted octanol–water partition coefficient (Wildman–Crippen LogP) is 7.93. The van der Waals surface area contributed by atoms with Gasteiger partial charge >= 0.3 is 5.97 Å². The van der Waals surface area contributed by atoms with E-state index in [9.17, 15) is 18.0 Å². The molecule has 2 aliphatic rings. The number of aryl methyl sites for hydroxylation is 1. The fourth-order valence-corrected chi connectivity index (χ4v) is 5.65. The van der Waals surface area contributed by atoms with Crippen molar-refractivity contribution < 1.29 is 22.7 Å². The quantitative estimate of drug-likeness (QED) is 0.234. The Kier molecular flexibility index (Phi) is 7.60. The van der Waals surface area contributed by atoms with Crippen molar-refractivity contribution in [3.05, 3.63) is 89.8 Å². The van der Waals surface area contributed by atoms with Crippen LogP contribution in [0.3, 0.4) is 0 Å². The minimum Gasteiger partial charge on any atom is -0.420 e. The van der Waals surface area contributed by atoms with Crippen molar-refractivity contribution >= 4 is 5.97 Å². The number of carbonyl (C=O) groups excluding carboxylic acids is 1. The molecule has 0 spiro atoms. The van der Waals surface area contributed by atoms with E-state index >= 15 is 0 Å². The summed E-state index contributed by atoms with van der Waals surface area (Å²) >= 11 is 0. The zero-order valence-corrected chi connectivity index (χ0v) is 19.4. The Balaban J connectivity index is 1.43. The molecule has 0 amide bonds. The summed E-state index contributed by atoms with van der Waals surface area (Å²) in [5, 5.41) is 0. The normalized spacial score (nSPS) is 24.2. The number of hydrogen-bond donors (Lipinski definition) is 0. The van der Waals surface area contributed by atoms with Crippen LogP contribution < -0.4 is 4.74 Å². The van der Waals surface area contributed by atoms with Crippen LogP contribution in [0.5, 0.6) is 5.75 Å². The first-order chi connectivity index (χ1) is 16.4. The van der Waals surface area contributed by atoms with Crippen molar-refractivity contribution in [1.82, 2.24) is 0 Å². The van der Waals surface area contributed by atoms with Gasteiger partial charge in [0.2, 0.25) is 5.82 Å². The van der Waals surface area contributed by atoms with Gasteiger partial charge in [-0.2, -0.15) is 4.39 Å². The molecule has 2 nitrogen and oxygen atoms in total. The number of carbonyl (C=O) groups is 1. The molecule has 0 bridgehead atoms. The van der Waals surface area contributed by atoms with Gasteiger partial charge in [-0.25, -0.2) is 13.6 Å². The van der Waals surface area contributed by atoms with E-state index in [1.807, 2.05) is 0 Å². The minimum atomic E-state index is -1.25. The lowest BCUT2D eigenvalue weighted by molar-refractivity contribution is 0.0721. The zero-order valence-electron chi connectivity index (χ0n) is 19.4. The van der Waals surface area contributed by atoms with Crippen molar-refractivity contribution in [2.75, 3.05) is 0 Å². The zero-order chi connectivity index (χ0) is 24.2.